The molecule has 3 N–H and O–H groups in total. The van der Waals surface area contributed by atoms with Gasteiger partial charge in [0.25, 0.3) is 0 Å². The SMILES string of the molecule is Nc1ncc(F)c(N2CCC(O)CC2)n1. The lowest BCUT2D eigenvalue weighted by Crippen LogP contribution is -2.37. The first kappa shape index (κ1) is 10.1. The highest BCUT2D eigenvalue weighted by Crippen LogP contribution is 2.20. The van der Waals surface area contributed by atoms with Crippen molar-refractivity contribution in [2.24, 2.45) is 0 Å². The monoisotopic (exact) mass is 212 g/mol. The van der Waals surface area contributed by atoms with Gasteiger partial charge >= 0.3 is 0 Å². The molecule has 2 rings (SSSR count). The molecule has 1 fully saturated rings. The zero-order chi connectivity index (χ0) is 10.8. The first-order chi connectivity index (χ1) is 7.16. The van der Waals surface area contributed by atoms with Gasteiger partial charge in [-0.1, -0.05) is 0 Å². The lowest BCUT2D eigenvalue weighted by Gasteiger charge is -2.30. The van der Waals surface area contributed by atoms with Gasteiger partial charge in [0.15, 0.2) is 11.6 Å². The summed E-state index contributed by atoms with van der Waals surface area (Å²) in [7, 11) is 0. The van der Waals surface area contributed by atoms with Crippen LogP contribution in [0, 0.1) is 5.82 Å². The molecule has 0 aliphatic carbocycles. The number of rotatable bonds is 1. The summed E-state index contributed by atoms with van der Waals surface area (Å²) >= 11 is 0. The van der Waals surface area contributed by atoms with Crippen LogP contribution in [0.1, 0.15) is 12.8 Å². The highest BCUT2D eigenvalue weighted by atomic mass is 19.1. The predicted octanol–water partition coefficient (Wildman–Crippen LogP) is 0.159. The van der Waals surface area contributed by atoms with Crippen LogP contribution in [0.2, 0.25) is 0 Å². The van der Waals surface area contributed by atoms with E-state index >= 15 is 0 Å². The summed E-state index contributed by atoms with van der Waals surface area (Å²) in [6, 6.07) is 0. The molecule has 1 aromatic heterocycles. The van der Waals surface area contributed by atoms with Crippen molar-refractivity contribution in [3.8, 4) is 0 Å². The summed E-state index contributed by atoms with van der Waals surface area (Å²) in [5.41, 5.74) is 5.40. The molecular weight excluding hydrogens is 199 g/mol. The summed E-state index contributed by atoms with van der Waals surface area (Å²) in [4.78, 5) is 9.20. The molecule has 82 valence electrons. The van der Waals surface area contributed by atoms with Crippen molar-refractivity contribution in [2.75, 3.05) is 23.7 Å². The number of hydrogen-bond acceptors (Lipinski definition) is 5. The van der Waals surface area contributed by atoms with E-state index in [4.69, 9.17) is 5.73 Å². The number of aliphatic hydroxyl groups excluding tert-OH is 1. The van der Waals surface area contributed by atoms with Crippen LogP contribution in [0.4, 0.5) is 16.2 Å². The fourth-order valence-electron chi connectivity index (χ4n) is 1.67. The van der Waals surface area contributed by atoms with Gasteiger partial charge in [-0.2, -0.15) is 4.98 Å². The molecule has 1 saturated heterocycles. The Hall–Kier alpha value is -1.43. The number of anilines is 2. The van der Waals surface area contributed by atoms with Gasteiger partial charge in [0.2, 0.25) is 5.95 Å². The quantitative estimate of drug-likeness (QED) is 0.693. The Balaban J connectivity index is 2.18. The van der Waals surface area contributed by atoms with E-state index < -0.39 is 5.82 Å². The number of piperidine rings is 1. The molecule has 0 aromatic carbocycles. The zero-order valence-electron chi connectivity index (χ0n) is 8.23. The second-order valence-corrected chi connectivity index (χ2v) is 3.62. The maximum absolute atomic E-state index is 13.4. The molecule has 0 spiro atoms. The lowest BCUT2D eigenvalue weighted by molar-refractivity contribution is 0.145. The van der Waals surface area contributed by atoms with Gasteiger partial charge in [-0.25, -0.2) is 9.37 Å². The largest absolute Gasteiger partial charge is 0.393 e. The minimum Gasteiger partial charge on any atom is -0.393 e. The van der Waals surface area contributed by atoms with Gasteiger partial charge in [0, 0.05) is 13.1 Å². The summed E-state index contributed by atoms with van der Waals surface area (Å²) in [5, 5.41) is 9.32. The van der Waals surface area contributed by atoms with Gasteiger partial charge in [0.1, 0.15) is 0 Å². The molecule has 15 heavy (non-hydrogen) atoms. The third-order valence-corrected chi connectivity index (χ3v) is 2.51. The van der Waals surface area contributed by atoms with Gasteiger partial charge < -0.3 is 15.7 Å². The second kappa shape index (κ2) is 3.98. The van der Waals surface area contributed by atoms with Crippen molar-refractivity contribution in [1.82, 2.24) is 9.97 Å². The Morgan fingerprint density at radius 2 is 2.13 bits per heavy atom. The van der Waals surface area contributed by atoms with E-state index in [0.29, 0.717) is 25.9 Å². The first-order valence-corrected chi connectivity index (χ1v) is 4.88. The van der Waals surface area contributed by atoms with Crippen molar-refractivity contribution >= 4 is 11.8 Å². The molecule has 1 aromatic rings. The Labute approximate surface area is 86.7 Å². The number of hydrogen-bond donors (Lipinski definition) is 2. The number of halogens is 1. The minimum absolute atomic E-state index is 0.0671. The summed E-state index contributed by atoms with van der Waals surface area (Å²) in [6.07, 6.45) is 2.04. The van der Waals surface area contributed by atoms with Crippen LogP contribution < -0.4 is 10.6 Å². The molecule has 0 unspecified atom stereocenters. The molecule has 0 bridgehead atoms. The first-order valence-electron chi connectivity index (χ1n) is 4.88. The van der Waals surface area contributed by atoms with E-state index in [2.05, 4.69) is 9.97 Å². The Bertz CT molecular complexity index is 352. The van der Waals surface area contributed by atoms with E-state index in [0.717, 1.165) is 6.20 Å². The van der Waals surface area contributed by atoms with E-state index in [9.17, 15) is 9.50 Å². The Morgan fingerprint density at radius 3 is 2.80 bits per heavy atom. The minimum atomic E-state index is -0.472. The lowest BCUT2D eigenvalue weighted by atomic mass is 10.1. The third kappa shape index (κ3) is 2.15. The van der Waals surface area contributed by atoms with E-state index in [1.165, 1.54) is 0 Å². The number of aliphatic hydroxyl groups is 1. The van der Waals surface area contributed by atoms with E-state index in [-0.39, 0.29) is 17.9 Å². The van der Waals surface area contributed by atoms with Gasteiger partial charge in [0.05, 0.1) is 12.3 Å². The average Bonchev–Trinajstić information content (AvgIpc) is 2.23. The maximum atomic E-state index is 13.4. The third-order valence-electron chi connectivity index (χ3n) is 2.51. The van der Waals surface area contributed by atoms with Gasteiger partial charge in [-0.05, 0) is 12.8 Å². The van der Waals surface area contributed by atoms with Crippen molar-refractivity contribution in [2.45, 2.75) is 18.9 Å². The zero-order valence-corrected chi connectivity index (χ0v) is 8.23. The van der Waals surface area contributed by atoms with Crippen LogP contribution in [0.15, 0.2) is 6.20 Å². The van der Waals surface area contributed by atoms with Crippen molar-refractivity contribution in [3.05, 3.63) is 12.0 Å². The number of nitrogen functional groups attached to an aromatic ring is 1. The van der Waals surface area contributed by atoms with Crippen molar-refractivity contribution < 1.29 is 9.50 Å². The number of aromatic nitrogens is 2. The predicted molar refractivity (Wildman–Crippen MR) is 53.9 cm³/mol. The summed E-state index contributed by atoms with van der Waals surface area (Å²) < 4.78 is 13.4. The highest BCUT2D eigenvalue weighted by Gasteiger charge is 2.21. The normalized spacial score (nSPS) is 18.1. The number of nitrogens with zero attached hydrogens (tertiary/aromatic N) is 3. The van der Waals surface area contributed by atoms with Crippen molar-refractivity contribution in [1.29, 1.82) is 0 Å². The molecule has 0 amide bonds. The summed E-state index contributed by atoms with van der Waals surface area (Å²) in [6.45, 7) is 1.18. The second-order valence-electron chi connectivity index (χ2n) is 3.62. The topological polar surface area (TPSA) is 75.3 Å². The molecule has 0 saturated carbocycles. The van der Waals surface area contributed by atoms with E-state index in [1.54, 1.807) is 4.90 Å². The average molecular weight is 212 g/mol. The molecule has 0 atom stereocenters. The molecule has 1 aliphatic rings. The van der Waals surface area contributed by atoms with Crippen LogP contribution in [0.3, 0.4) is 0 Å². The smallest absolute Gasteiger partial charge is 0.222 e. The Kier molecular flexibility index (Phi) is 2.68. The van der Waals surface area contributed by atoms with Crippen LogP contribution in [-0.2, 0) is 0 Å². The molecule has 2 heterocycles. The van der Waals surface area contributed by atoms with Gasteiger partial charge in [-0.15, -0.1) is 0 Å². The summed E-state index contributed by atoms with van der Waals surface area (Å²) in [5.74, 6) is -0.174. The number of nitrogens with two attached hydrogens (primary N) is 1. The molecule has 5 nitrogen and oxygen atoms in total. The molecule has 6 heteroatoms. The van der Waals surface area contributed by atoms with Crippen molar-refractivity contribution in [3.63, 3.8) is 0 Å². The highest BCUT2D eigenvalue weighted by molar-refractivity contribution is 5.42. The standard InChI is InChI=1S/C9H13FN4O/c10-7-5-12-9(11)13-8(7)14-3-1-6(15)2-4-14/h5-6,15H,1-4H2,(H2,11,12,13). The fraction of sp³-hybridized carbons (Fsp3) is 0.556. The van der Waals surface area contributed by atoms with Crippen LogP contribution in [0.5, 0.6) is 0 Å². The van der Waals surface area contributed by atoms with Gasteiger partial charge in [-0.3, -0.25) is 0 Å². The Morgan fingerprint density at radius 1 is 1.47 bits per heavy atom. The van der Waals surface area contributed by atoms with Crippen LogP contribution in [-0.4, -0.2) is 34.3 Å². The van der Waals surface area contributed by atoms with Crippen LogP contribution in [0.25, 0.3) is 0 Å². The van der Waals surface area contributed by atoms with E-state index in [1.807, 2.05) is 0 Å². The van der Waals surface area contributed by atoms with Crippen LogP contribution >= 0.6 is 0 Å². The molecule has 1 aliphatic heterocycles. The molecular formula is C9H13FN4O. The molecule has 0 radical (unpaired) electrons. The fourth-order valence-corrected chi connectivity index (χ4v) is 1.67. The maximum Gasteiger partial charge on any atom is 0.222 e.